The molecule has 0 radical (unpaired) electrons. The molecule has 0 saturated carbocycles. The highest BCUT2D eigenvalue weighted by atomic mass is 35.5. The average molecular weight is 345 g/mol. The van der Waals surface area contributed by atoms with E-state index in [0.717, 1.165) is 16.7 Å². The van der Waals surface area contributed by atoms with Crippen molar-refractivity contribution in [3.8, 4) is 11.1 Å². The van der Waals surface area contributed by atoms with Gasteiger partial charge >= 0.3 is 6.03 Å². The largest absolute Gasteiger partial charge is 0.374 e. The third-order valence-electron chi connectivity index (χ3n) is 3.91. The molecule has 0 aliphatic carbocycles. The summed E-state index contributed by atoms with van der Waals surface area (Å²) in [5.41, 5.74) is 2.15. The number of urea groups is 1. The molecule has 2 N–H and O–H groups in total. The van der Waals surface area contributed by atoms with E-state index in [1.807, 2.05) is 48.5 Å². The van der Waals surface area contributed by atoms with Crippen LogP contribution in [0.15, 0.2) is 48.5 Å². The number of carbonyl (C=O) groups excluding carboxylic acids is 2. The first-order chi connectivity index (χ1) is 11.5. The summed E-state index contributed by atoms with van der Waals surface area (Å²) < 4.78 is 5.59. The monoisotopic (exact) mass is 344 g/mol. The molecule has 124 valence electrons. The maximum absolute atomic E-state index is 11.7. The van der Waals surface area contributed by atoms with E-state index in [4.69, 9.17) is 16.3 Å². The van der Waals surface area contributed by atoms with Gasteiger partial charge in [0, 0.05) is 5.02 Å². The third-order valence-corrected chi connectivity index (χ3v) is 4.16. The van der Waals surface area contributed by atoms with Crippen molar-refractivity contribution in [2.75, 3.05) is 6.61 Å². The van der Waals surface area contributed by atoms with E-state index in [9.17, 15) is 9.59 Å². The Hall–Kier alpha value is -2.37. The highest BCUT2D eigenvalue weighted by Gasteiger charge is 2.42. The number of carbonyl (C=O) groups is 2. The molecule has 1 heterocycles. The van der Waals surface area contributed by atoms with Crippen LogP contribution in [-0.4, -0.2) is 24.1 Å². The minimum Gasteiger partial charge on any atom is -0.374 e. The van der Waals surface area contributed by atoms with Crippen molar-refractivity contribution in [3.63, 3.8) is 0 Å². The van der Waals surface area contributed by atoms with Crippen molar-refractivity contribution in [1.29, 1.82) is 0 Å². The first-order valence-electron chi connectivity index (χ1n) is 7.52. The van der Waals surface area contributed by atoms with Gasteiger partial charge in [-0.15, -0.1) is 0 Å². The maximum atomic E-state index is 11.7. The van der Waals surface area contributed by atoms with Crippen molar-refractivity contribution in [2.45, 2.75) is 19.1 Å². The van der Waals surface area contributed by atoms with Crippen LogP contribution >= 0.6 is 11.6 Å². The van der Waals surface area contributed by atoms with Crippen LogP contribution in [0.1, 0.15) is 12.5 Å². The lowest BCUT2D eigenvalue weighted by Crippen LogP contribution is -2.47. The predicted octanol–water partition coefficient (Wildman–Crippen LogP) is 3.12. The predicted molar refractivity (Wildman–Crippen MR) is 91.6 cm³/mol. The number of nitrogens with one attached hydrogen (secondary N) is 2. The molecule has 1 unspecified atom stereocenters. The van der Waals surface area contributed by atoms with Crippen molar-refractivity contribution in [1.82, 2.24) is 10.6 Å². The molecule has 3 rings (SSSR count). The van der Waals surface area contributed by atoms with E-state index < -0.39 is 11.6 Å². The number of amides is 3. The summed E-state index contributed by atoms with van der Waals surface area (Å²) in [5.74, 6) is -0.370. The van der Waals surface area contributed by atoms with Crippen molar-refractivity contribution in [3.05, 3.63) is 59.1 Å². The number of hydrogen-bond donors (Lipinski definition) is 2. The van der Waals surface area contributed by atoms with Crippen LogP contribution in [0.4, 0.5) is 4.79 Å². The Morgan fingerprint density at radius 1 is 1.00 bits per heavy atom. The molecular formula is C18H17ClN2O3. The molecular weight excluding hydrogens is 328 g/mol. The zero-order chi connectivity index (χ0) is 17.2. The first-order valence-corrected chi connectivity index (χ1v) is 7.90. The van der Waals surface area contributed by atoms with E-state index in [0.29, 0.717) is 11.6 Å². The Kier molecular flexibility index (Phi) is 4.55. The van der Waals surface area contributed by atoms with Gasteiger partial charge < -0.3 is 10.1 Å². The second-order valence-electron chi connectivity index (χ2n) is 5.94. The summed E-state index contributed by atoms with van der Waals surface area (Å²) in [6.07, 6.45) is 0. The van der Waals surface area contributed by atoms with Gasteiger partial charge in [0.25, 0.3) is 5.91 Å². The quantitative estimate of drug-likeness (QED) is 0.819. The fraction of sp³-hybridized carbons (Fsp3) is 0.222. The van der Waals surface area contributed by atoms with Crippen LogP contribution in [0.2, 0.25) is 5.02 Å². The number of imide groups is 1. The van der Waals surface area contributed by atoms with Gasteiger partial charge in [-0.25, -0.2) is 4.79 Å². The smallest absolute Gasteiger partial charge is 0.322 e. The Bertz CT molecular complexity index is 759. The number of hydrogen-bond acceptors (Lipinski definition) is 3. The second kappa shape index (κ2) is 6.63. The van der Waals surface area contributed by atoms with Gasteiger partial charge in [-0.2, -0.15) is 0 Å². The van der Waals surface area contributed by atoms with Crippen LogP contribution in [0.5, 0.6) is 0 Å². The average Bonchev–Trinajstić information content (AvgIpc) is 2.81. The van der Waals surface area contributed by atoms with E-state index in [-0.39, 0.29) is 12.5 Å². The molecule has 2 aromatic carbocycles. The molecule has 1 fully saturated rings. The van der Waals surface area contributed by atoms with Gasteiger partial charge in [-0.3, -0.25) is 10.1 Å². The zero-order valence-corrected chi connectivity index (χ0v) is 13.9. The minimum atomic E-state index is -1.01. The molecule has 1 saturated heterocycles. The molecule has 0 spiro atoms. The van der Waals surface area contributed by atoms with Crippen molar-refractivity contribution in [2.24, 2.45) is 0 Å². The number of ether oxygens (including phenoxy) is 1. The van der Waals surface area contributed by atoms with Crippen LogP contribution < -0.4 is 10.6 Å². The fourth-order valence-electron chi connectivity index (χ4n) is 2.49. The van der Waals surface area contributed by atoms with Gasteiger partial charge in [-0.1, -0.05) is 48.0 Å². The summed E-state index contributed by atoms with van der Waals surface area (Å²) in [6.45, 7) is 2.11. The fourth-order valence-corrected chi connectivity index (χ4v) is 2.62. The summed E-state index contributed by atoms with van der Waals surface area (Å²) in [5, 5.41) is 5.48. The molecule has 1 atom stereocenters. The number of halogens is 1. The Balaban J connectivity index is 1.58. The Morgan fingerprint density at radius 3 is 2.12 bits per heavy atom. The second-order valence-corrected chi connectivity index (χ2v) is 6.37. The van der Waals surface area contributed by atoms with Gasteiger partial charge in [0.05, 0.1) is 13.2 Å². The van der Waals surface area contributed by atoms with Crippen LogP contribution in [0.3, 0.4) is 0 Å². The minimum absolute atomic E-state index is 0.115. The highest BCUT2D eigenvalue weighted by molar-refractivity contribution is 6.30. The molecule has 2 aromatic rings. The number of benzene rings is 2. The van der Waals surface area contributed by atoms with Crippen molar-refractivity contribution >= 4 is 23.5 Å². The summed E-state index contributed by atoms with van der Waals surface area (Å²) in [4.78, 5) is 22.9. The van der Waals surface area contributed by atoms with Crippen LogP contribution in [0, 0.1) is 0 Å². The Morgan fingerprint density at radius 2 is 1.58 bits per heavy atom. The van der Waals surface area contributed by atoms with E-state index in [1.54, 1.807) is 6.92 Å². The van der Waals surface area contributed by atoms with E-state index in [1.165, 1.54) is 0 Å². The van der Waals surface area contributed by atoms with Gasteiger partial charge in [0.1, 0.15) is 5.54 Å². The van der Waals surface area contributed by atoms with Crippen molar-refractivity contribution < 1.29 is 14.3 Å². The topological polar surface area (TPSA) is 67.4 Å². The van der Waals surface area contributed by atoms with Crippen LogP contribution in [0.25, 0.3) is 11.1 Å². The standard InChI is InChI=1S/C18H17ClN2O3/c1-18(16(22)20-17(23)21-18)11-24-10-12-2-4-13(5-3-12)14-6-8-15(19)9-7-14/h2-9H,10-11H2,1H3,(H2,20,21,22,23). The van der Waals surface area contributed by atoms with Gasteiger partial charge in [0.15, 0.2) is 0 Å². The molecule has 5 nitrogen and oxygen atoms in total. The number of rotatable bonds is 5. The Labute approximate surface area is 145 Å². The molecule has 1 aliphatic heterocycles. The molecule has 1 aliphatic rings. The van der Waals surface area contributed by atoms with Crippen LogP contribution in [-0.2, 0) is 16.1 Å². The van der Waals surface area contributed by atoms with E-state index >= 15 is 0 Å². The van der Waals surface area contributed by atoms with Gasteiger partial charge in [-0.05, 0) is 35.7 Å². The molecule has 24 heavy (non-hydrogen) atoms. The summed E-state index contributed by atoms with van der Waals surface area (Å²) in [6, 6.07) is 15.1. The van der Waals surface area contributed by atoms with Gasteiger partial charge in [0.2, 0.25) is 0 Å². The highest BCUT2D eigenvalue weighted by Crippen LogP contribution is 2.22. The third kappa shape index (κ3) is 3.58. The lowest BCUT2D eigenvalue weighted by atomic mass is 10.0. The maximum Gasteiger partial charge on any atom is 0.322 e. The zero-order valence-electron chi connectivity index (χ0n) is 13.1. The lowest BCUT2D eigenvalue weighted by Gasteiger charge is -2.20. The molecule has 6 heteroatoms. The lowest BCUT2D eigenvalue weighted by molar-refractivity contribution is -0.125. The summed E-state index contributed by atoms with van der Waals surface area (Å²) in [7, 11) is 0. The summed E-state index contributed by atoms with van der Waals surface area (Å²) >= 11 is 5.89. The van der Waals surface area contributed by atoms with E-state index in [2.05, 4.69) is 10.6 Å². The molecule has 3 amide bonds. The molecule has 0 aromatic heterocycles. The normalized spacial score (nSPS) is 19.9. The first kappa shape index (κ1) is 16.5. The molecule has 0 bridgehead atoms. The SMILES string of the molecule is CC1(COCc2ccc(-c3ccc(Cl)cc3)cc2)NC(=O)NC1=O.